The molecule has 0 amide bonds. The Hall–Kier alpha value is -2.08. The van der Waals surface area contributed by atoms with Crippen molar-refractivity contribution in [3.8, 4) is 0 Å². The molecule has 0 bridgehead atoms. The van der Waals surface area contributed by atoms with Gasteiger partial charge in [0, 0.05) is 16.3 Å². The molecule has 0 unspecified atom stereocenters. The second-order valence-corrected chi connectivity index (χ2v) is 6.10. The van der Waals surface area contributed by atoms with E-state index in [9.17, 15) is 4.79 Å². The first-order valence-corrected chi connectivity index (χ1v) is 7.72. The molecule has 0 spiro atoms. The highest BCUT2D eigenvalue weighted by molar-refractivity contribution is 7.15. The molecule has 110 valence electrons. The van der Waals surface area contributed by atoms with Gasteiger partial charge in [0.1, 0.15) is 0 Å². The molecule has 2 aromatic rings. The van der Waals surface area contributed by atoms with Crippen LogP contribution in [0.15, 0.2) is 18.2 Å². The number of nitrogens with zero attached hydrogens (tertiary/aromatic N) is 1. The van der Waals surface area contributed by atoms with Gasteiger partial charge in [-0.3, -0.25) is 0 Å². The minimum atomic E-state index is -0.436. The molecule has 6 heteroatoms. The van der Waals surface area contributed by atoms with Gasteiger partial charge in [0.25, 0.3) is 0 Å². The third-order valence-electron chi connectivity index (χ3n) is 3.56. The number of esters is 1. The van der Waals surface area contributed by atoms with E-state index in [0.717, 1.165) is 23.7 Å². The molecule has 3 rings (SSSR count). The normalized spacial score (nSPS) is 13.6. The van der Waals surface area contributed by atoms with Crippen molar-refractivity contribution in [1.29, 1.82) is 0 Å². The van der Waals surface area contributed by atoms with Gasteiger partial charge in [0.05, 0.1) is 18.4 Å². The quantitative estimate of drug-likeness (QED) is 0.673. The lowest BCUT2D eigenvalue weighted by molar-refractivity contribution is 0.0602. The molecule has 1 heterocycles. The monoisotopic (exact) mass is 303 g/mol. The topological polar surface area (TPSA) is 77.2 Å². The first kappa shape index (κ1) is 13.9. The van der Waals surface area contributed by atoms with Gasteiger partial charge in [-0.05, 0) is 43.9 Å². The number of thiazole rings is 1. The summed E-state index contributed by atoms with van der Waals surface area (Å²) in [7, 11) is 1.34. The van der Waals surface area contributed by atoms with Crippen LogP contribution in [0.4, 0.5) is 16.5 Å². The van der Waals surface area contributed by atoms with Crippen molar-refractivity contribution >= 4 is 33.8 Å². The zero-order chi connectivity index (χ0) is 14.8. The zero-order valence-electron chi connectivity index (χ0n) is 11.8. The summed E-state index contributed by atoms with van der Waals surface area (Å²) < 4.78 is 4.73. The van der Waals surface area contributed by atoms with Crippen molar-refractivity contribution in [2.24, 2.45) is 0 Å². The van der Waals surface area contributed by atoms with Crippen LogP contribution in [-0.2, 0) is 17.6 Å². The highest BCUT2D eigenvalue weighted by Crippen LogP contribution is 2.31. The van der Waals surface area contributed by atoms with Crippen molar-refractivity contribution in [2.75, 3.05) is 18.2 Å². The number of hydrogen-bond donors (Lipinski definition) is 2. The maximum absolute atomic E-state index is 11.7. The van der Waals surface area contributed by atoms with Gasteiger partial charge >= 0.3 is 5.97 Å². The van der Waals surface area contributed by atoms with Crippen LogP contribution in [0.1, 0.15) is 33.8 Å². The van der Waals surface area contributed by atoms with E-state index in [4.69, 9.17) is 10.5 Å². The van der Waals surface area contributed by atoms with Crippen LogP contribution in [0.5, 0.6) is 0 Å². The second-order valence-electron chi connectivity index (χ2n) is 5.01. The average molecular weight is 303 g/mol. The van der Waals surface area contributed by atoms with Crippen molar-refractivity contribution < 1.29 is 9.53 Å². The van der Waals surface area contributed by atoms with E-state index < -0.39 is 5.97 Å². The summed E-state index contributed by atoms with van der Waals surface area (Å²) in [5.41, 5.74) is 8.56. The van der Waals surface area contributed by atoms with Crippen LogP contribution in [0, 0.1) is 0 Å². The number of nitrogen functional groups attached to an aromatic ring is 1. The number of aromatic nitrogens is 1. The van der Waals surface area contributed by atoms with E-state index in [1.54, 1.807) is 23.5 Å². The maximum atomic E-state index is 11.7. The van der Waals surface area contributed by atoms with Crippen LogP contribution >= 0.6 is 11.3 Å². The van der Waals surface area contributed by atoms with Crippen molar-refractivity contribution in [3.05, 3.63) is 34.3 Å². The van der Waals surface area contributed by atoms with E-state index in [1.165, 1.54) is 30.5 Å². The lowest BCUT2D eigenvalue weighted by Crippen LogP contribution is -2.06. The Morgan fingerprint density at radius 2 is 2.19 bits per heavy atom. The lowest BCUT2D eigenvalue weighted by Gasteiger charge is -2.07. The summed E-state index contributed by atoms with van der Waals surface area (Å²) in [5, 5.41) is 4.12. The van der Waals surface area contributed by atoms with Gasteiger partial charge in [-0.2, -0.15) is 0 Å². The molecule has 0 aliphatic heterocycles. The molecule has 1 aliphatic carbocycles. The summed E-state index contributed by atoms with van der Waals surface area (Å²) in [4.78, 5) is 17.6. The standard InChI is InChI=1S/C15H17N3O2S/c1-20-14(19)10-8-9(6-7-11(10)16)17-15-18-12-4-2-3-5-13(12)21-15/h6-8H,2-5,16H2,1H3,(H,17,18). The highest BCUT2D eigenvalue weighted by atomic mass is 32.1. The third kappa shape index (κ3) is 2.85. The van der Waals surface area contributed by atoms with Gasteiger partial charge in [-0.15, -0.1) is 11.3 Å². The molecule has 0 radical (unpaired) electrons. The first-order chi connectivity index (χ1) is 10.2. The first-order valence-electron chi connectivity index (χ1n) is 6.91. The number of ether oxygens (including phenoxy) is 1. The van der Waals surface area contributed by atoms with Crippen molar-refractivity contribution in [1.82, 2.24) is 4.98 Å². The molecule has 1 aromatic carbocycles. The third-order valence-corrected chi connectivity index (χ3v) is 4.63. The van der Waals surface area contributed by atoms with Gasteiger partial charge in [-0.25, -0.2) is 9.78 Å². The predicted octanol–water partition coefficient (Wildman–Crippen LogP) is 3.13. The number of carbonyl (C=O) groups excluding carboxylic acids is 1. The number of anilines is 3. The number of aryl methyl sites for hydroxylation is 2. The SMILES string of the molecule is COC(=O)c1cc(Nc2nc3c(s2)CCCC3)ccc1N. The Bertz CT molecular complexity index is 658. The van der Waals surface area contributed by atoms with Gasteiger partial charge in [0.15, 0.2) is 5.13 Å². The van der Waals surface area contributed by atoms with E-state index in [1.807, 2.05) is 6.07 Å². The van der Waals surface area contributed by atoms with Gasteiger partial charge in [0.2, 0.25) is 0 Å². The van der Waals surface area contributed by atoms with Crippen LogP contribution in [-0.4, -0.2) is 18.1 Å². The number of carbonyl (C=O) groups is 1. The fraction of sp³-hybridized carbons (Fsp3) is 0.333. The Labute approximate surface area is 127 Å². The fourth-order valence-electron chi connectivity index (χ4n) is 2.45. The molecular weight excluding hydrogens is 286 g/mol. The Morgan fingerprint density at radius 1 is 1.38 bits per heavy atom. The molecule has 5 nitrogen and oxygen atoms in total. The van der Waals surface area contributed by atoms with E-state index in [0.29, 0.717) is 11.3 Å². The predicted molar refractivity (Wildman–Crippen MR) is 84.2 cm³/mol. The fourth-order valence-corrected chi connectivity index (χ4v) is 3.52. The molecular formula is C15H17N3O2S. The Kier molecular flexibility index (Phi) is 3.79. The lowest BCUT2D eigenvalue weighted by atomic mass is 10.0. The molecule has 0 fully saturated rings. The Morgan fingerprint density at radius 3 is 2.95 bits per heavy atom. The van der Waals surface area contributed by atoms with Crippen LogP contribution in [0.2, 0.25) is 0 Å². The number of fused-ring (bicyclic) bond motifs is 1. The summed E-state index contributed by atoms with van der Waals surface area (Å²) >= 11 is 1.68. The summed E-state index contributed by atoms with van der Waals surface area (Å²) in [5.74, 6) is -0.436. The number of benzene rings is 1. The molecule has 21 heavy (non-hydrogen) atoms. The zero-order valence-corrected chi connectivity index (χ0v) is 12.6. The van der Waals surface area contributed by atoms with E-state index in [2.05, 4.69) is 10.3 Å². The minimum Gasteiger partial charge on any atom is -0.465 e. The number of nitrogens with one attached hydrogen (secondary N) is 1. The summed E-state index contributed by atoms with van der Waals surface area (Å²) in [6.07, 6.45) is 4.63. The Balaban J connectivity index is 1.84. The van der Waals surface area contributed by atoms with Crippen molar-refractivity contribution in [2.45, 2.75) is 25.7 Å². The molecule has 3 N–H and O–H groups in total. The number of hydrogen-bond acceptors (Lipinski definition) is 6. The number of rotatable bonds is 3. The van der Waals surface area contributed by atoms with Crippen molar-refractivity contribution in [3.63, 3.8) is 0 Å². The highest BCUT2D eigenvalue weighted by Gasteiger charge is 2.16. The summed E-state index contributed by atoms with van der Waals surface area (Å²) in [6.45, 7) is 0. The molecule has 0 atom stereocenters. The maximum Gasteiger partial charge on any atom is 0.340 e. The molecule has 0 saturated heterocycles. The van der Waals surface area contributed by atoms with E-state index in [-0.39, 0.29) is 0 Å². The largest absolute Gasteiger partial charge is 0.465 e. The number of nitrogens with two attached hydrogens (primary N) is 1. The minimum absolute atomic E-state index is 0.365. The van der Waals surface area contributed by atoms with Gasteiger partial charge in [-0.1, -0.05) is 0 Å². The average Bonchev–Trinajstić information content (AvgIpc) is 2.90. The van der Waals surface area contributed by atoms with Crippen LogP contribution in [0.3, 0.4) is 0 Å². The second kappa shape index (κ2) is 5.73. The van der Waals surface area contributed by atoms with E-state index >= 15 is 0 Å². The number of methoxy groups -OCH3 is 1. The molecule has 1 aliphatic rings. The van der Waals surface area contributed by atoms with Gasteiger partial charge < -0.3 is 15.8 Å². The summed E-state index contributed by atoms with van der Waals surface area (Å²) in [6, 6.07) is 5.23. The van der Waals surface area contributed by atoms with Crippen LogP contribution in [0.25, 0.3) is 0 Å². The van der Waals surface area contributed by atoms with Crippen LogP contribution < -0.4 is 11.1 Å². The molecule has 1 aromatic heterocycles. The smallest absolute Gasteiger partial charge is 0.340 e. The molecule has 0 saturated carbocycles.